The van der Waals surface area contributed by atoms with Crippen LogP contribution in [0.3, 0.4) is 0 Å². The normalized spacial score (nSPS) is 24.6. The number of aliphatic hydroxyl groups is 2. The number of halogens is 3. The zero-order chi connectivity index (χ0) is 23.8. The molecule has 176 valence electrons. The number of piperidine rings is 1. The van der Waals surface area contributed by atoms with Crippen molar-refractivity contribution in [3.05, 3.63) is 82.7 Å². The Hall–Kier alpha value is -2.75. The van der Waals surface area contributed by atoms with Gasteiger partial charge in [0.05, 0.1) is 41.7 Å². The van der Waals surface area contributed by atoms with Crippen molar-refractivity contribution >= 4 is 0 Å². The molecular weight excluding hydrogens is 433 g/mol. The predicted octanol–water partition coefficient (Wildman–Crippen LogP) is 4.04. The first-order valence-corrected chi connectivity index (χ1v) is 10.8. The molecule has 4 rings (SSSR count). The van der Waals surface area contributed by atoms with E-state index >= 15 is 0 Å². The number of aryl methyl sites for hydroxylation is 1. The van der Waals surface area contributed by atoms with Crippen molar-refractivity contribution in [3.8, 4) is 0 Å². The molecule has 0 bridgehead atoms. The second-order valence-corrected chi connectivity index (χ2v) is 8.87. The zero-order valence-corrected chi connectivity index (χ0v) is 18.4. The number of nitrogens with one attached hydrogen (secondary N) is 1. The Morgan fingerprint density at radius 1 is 1.15 bits per heavy atom. The van der Waals surface area contributed by atoms with Crippen molar-refractivity contribution in [2.45, 2.75) is 63.2 Å². The quantitative estimate of drug-likeness (QED) is 0.535. The molecule has 3 N–H and O–H groups in total. The SMILES string of the molecule is Cc1ccccc1C(O)Cn1cc([C@@H]2CC(O)(c3ccc(C(F)(F)F)cc3)C[C@H](C)N2)nn1. The second-order valence-electron chi connectivity index (χ2n) is 8.87. The van der Waals surface area contributed by atoms with Crippen molar-refractivity contribution in [3.63, 3.8) is 0 Å². The molecule has 0 radical (unpaired) electrons. The molecule has 1 aliphatic heterocycles. The average Bonchev–Trinajstić information content (AvgIpc) is 3.21. The molecule has 4 atom stereocenters. The Bertz CT molecular complexity index is 1100. The van der Waals surface area contributed by atoms with E-state index in [4.69, 9.17) is 0 Å². The number of alkyl halides is 3. The minimum atomic E-state index is -4.42. The maximum Gasteiger partial charge on any atom is 0.416 e. The van der Waals surface area contributed by atoms with Crippen LogP contribution in [0.4, 0.5) is 13.2 Å². The van der Waals surface area contributed by atoms with Gasteiger partial charge in [0, 0.05) is 12.5 Å². The minimum Gasteiger partial charge on any atom is -0.386 e. The molecule has 2 heterocycles. The first kappa shape index (κ1) is 23.4. The summed E-state index contributed by atoms with van der Waals surface area (Å²) in [5.41, 5.74) is 0.790. The number of hydrogen-bond acceptors (Lipinski definition) is 5. The Labute approximate surface area is 190 Å². The van der Waals surface area contributed by atoms with Gasteiger partial charge < -0.3 is 15.5 Å². The molecular formula is C24H27F3N4O2. The van der Waals surface area contributed by atoms with Crippen LogP contribution in [0, 0.1) is 6.92 Å². The van der Waals surface area contributed by atoms with E-state index in [0.29, 0.717) is 17.7 Å². The molecule has 1 fully saturated rings. The van der Waals surface area contributed by atoms with E-state index in [9.17, 15) is 23.4 Å². The molecule has 0 amide bonds. The van der Waals surface area contributed by atoms with E-state index in [0.717, 1.165) is 23.3 Å². The summed E-state index contributed by atoms with van der Waals surface area (Å²) in [6.07, 6.45) is -2.85. The molecule has 3 aromatic rings. The largest absolute Gasteiger partial charge is 0.416 e. The smallest absolute Gasteiger partial charge is 0.386 e. The molecule has 0 saturated carbocycles. The highest BCUT2D eigenvalue weighted by Crippen LogP contribution is 2.40. The third kappa shape index (κ3) is 5.10. The molecule has 1 aliphatic rings. The van der Waals surface area contributed by atoms with Crippen LogP contribution >= 0.6 is 0 Å². The van der Waals surface area contributed by atoms with Gasteiger partial charge in [0.1, 0.15) is 0 Å². The first-order valence-electron chi connectivity index (χ1n) is 10.8. The Morgan fingerprint density at radius 3 is 2.52 bits per heavy atom. The molecule has 0 aliphatic carbocycles. The molecule has 9 heteroatoms. The number of aromatic nitrogens is 3. The van der Waals surface area contributed by atoms with E-state index in [1.54, 1.807) is 10.9 Å². The van der Waals surface area contributed by atoms with Gasteiger partial charge in [-0.25, -0.2) is 4.68 Å². The van der Waals surface area contributed by atoms with E-state index in [1.807, 2.05) is 38.1 Å². The van der Waals surface area contributed by atoms with Crippen LogP contribution in [0.5, 0.6) is 0 Å². The lowest BCUT2D eigenvalue weighted by molar-refractivity contribution is -0.137. The molecule has 2 aromatic carbocycles. The van der Waals surface area contributed by atoms with Gasteiger partial charge in [-0.3, -0.25) is 0 Å². The topological polar surface area (TPSA) is 83.2 Å². The Balaban J connectivity index is 1.50. The lowest BCUT2D eigenvalue weighted by Crippen LogP contribution is -2.47. The van der Waals surface area contributed by atoms with Gasteiger partial charge in [-0.15, -0.1) is 5.10 Å². The van der Waals surface area contributed by atoms with Crippen LogP contribution in [0.25, 0.3) is 0 Å². The van der Waals surface area contributed by atoms with Crippen molar-refractivity contribution < 1.29 is 23.4 Å². The third-order valence-corrected chi connectivity index (χ3v) is 6.24. The summed E-state index contributed by atoms with van der Waals surface area (Å²) in [6.45, 7) is 4.07. The van der Waals surface area contributed by atoms with Gasteiger partial charge in [0.2, 0.25) is 0 Å². The number of nitrogens with zero attached hydrogens (tertiary/aromatic N) is 3. The highest BCUT2D eigenvalue weighted by molar-refractivity contribution is 5.30. The van der Waals surface area contributed by atoms with Gasteiger partial charge >= 0.3 is 6.18 Å². The lowest BCUT2D eigenvalue weighted by atomic mass is 9.78. The maximum atomic E-state index is 12.9. The summed E-state index contributed by atoms with van der Waals surface area (Å²) in [7, 11) is 0. The molecule has 2 unspecified atom stereocenters. The lowest BCUT2D eigenvalue weighted by Gasteiger charge is -2.40. The predicted molar refractivity (Wildman–Crippen MR) is 116 cm³/mol. The fourth-order valence-corrected chi connectivity index (χ4v) is 4.58. The van der Waals surface area contributed by atoms with Crippen molar-refractivity contribution in [1.82, 2.24) is 20.3 Å². The van der Waals surface area contributed by atoms with Gasteiger partial charge in [0.15, 0.2) is 0 Å². The molecule has 6 nitrogen and oxygen atoms in total. The highest BCUT2D eigenvalue weighted by atomic mass is 19.4. The summed E-state index contributed by atoms with van der Waals surface area (Å²) in [4.78, 5) is 0. The van der Waals surface area contributed by atoms with E-state index in [-0.39, 0.29) is 25.0 Å². The third-order valence-electron chi connectivity index (χ3n) is 6.24. The van der Waals surface area contributed by atoms with Gasteiger partial charge in [0.25, 0.3) is 0 Å². The van der Waals surface area contributed by atoms with E-state index < -0.39 is 23.4 Å². The number of aliphatic hydroxyl groups excluding tert-OH is 1. The van der Waals surface area contributed by atoms with Crippen LogP contribution in [-0.4, -0.2) is 31.2 Å². The first-order chi connectivity index (χ1) is 15.5. The van der Waals surface area contributed by atoms with E-state index in [2.05, 4.69) is 15.6 Å². The summed E-state index contributed by atoms with van der Waals surface area (Å²) in [5, 5.41) is 33.7. The molecule has 1 saturated heterocycles. The van der Waals surface area contributed by atoms with Crippen LogP contribution < -0.4 is 5.32 Å². The van der Waals surface area contributed by atoms with Gasteiger partial charge in [-0.2, -0.15) is 13.2 Å². The molecule has 0 spiro atoms. The summed E-state index contributed by atoms with van der Waals surface area (Å²) >= 11 is 0. The maximum absolute atomic E-state index is 12.9. The Morgan fingerprint density at radius 2 is 1.85 bits per heavy atom. The minimum absolute atomic E-state index is 0.0984. The zero-order valence-electron chi connectivity index (χ0n) is 18.4. The van der Waals surface area contributed by atoms with Crippen molar-refractivity contribution in [2.24, 2.45) is 0 Å². The number of hydrogen-bond donors (Lipinski definition) is 3. The molecule has 33 heavy (non-hydrogen) atoms. The van der Waals surface area contributed by atoms with Crippen molar-refractivity contribution in [2.75, 3.05) is 0 Å². The standard InChI is InChI=1S/C24H27F3N4O2/c1-15-5-3-4-6-19(15)22(32)14-31-13-21(29-30-31)20-12-23(33,11-16(2)28-20)17-7-9-18(10-8-17)24(25,26)27/h3-10,13,16,20,22,28,32-33H,11-12,14H2,1-2H3/t16-,20-,22?,23?/m0/s1. The fourth-order valence-electron chi connectivity index (χ4n) is 4.58. The van der Waals surface area contributed by atoms with Gasteiger partial charge in [-0.1, -0.05) is 41.6 Å². The van der Waals surface area contributed by atoms with Crippen LogP contribution in [-0.2, 0) is 18.3 Å². The summed E-state index contributed by atoms with van der Waals surface area (Å²) in [6, 6.07) is 11.8. The van der Waals surface area contributed by atoms with Gasteiger partial charge in [-0.05, 0) is 49.1 Å². The van der Waals surface area contributed by atoms with Crippen LogP contribution in [0.1, 0.15) is 59.9 Å². The van der Waals surface area contributed by atoms with Crippen LogP contribution in [0.2, 0.25) is 0 Å². The van der Waals surface area contributed by atoms with Crippen molar-refractivity contribution in [1.29, 1.82) is 0 Å². The highest BCUT2D eigenvalue weighted by Gasteiger charge is 2.41. The van der Waals surface area contributed by atoms with Crippen LogP contribution in [0.15, 0.2) is 54.7 Å². The average molecular weight is 461 g/mol. The number of rotatable bonds is 5. The second kappa shape index (κ2) is 8.89. The number of benzene rings is 2. The monoisotopic (exact) mass is 460 g/mol. The van der Waals surface area contributed by atoms with E-state index in [1.165, 1.54) is 12.1 Å². The fraction of sp³-hybridized carbons (Fsp3) is 0.417. The molecule has 1 aromatic heterocycles. The summed E-state index contributed by atoms with van der Waals surface area (Å²) < 4.78 is 40.3. The Kier molecular flexibility index (Phi) is 6.30. The summed E-state index contributed by atoms with van der Waals surface area (Å²) in [5.74, 6) is 0.